The fraction of sp³-hybridized carbons (Fsp3) is 0.435. The van der Waals surface area contributed by atoms with Gasteiger partial charge in [0.25, 0.3) is 0 Å². The van der Waals surface area contributed by atoms with E-state index in [2.05, 4.69) is 41.2 Å². The van der Waals surface area contributed by atoms with Crippen LogP contribution in [-0.4, -0.2) is 46.7 Å². The third-order valence-corrected chi connectivity index (χ3v) is 4.59. The maximum absolute atomic E-state index is 12.2. The number of aliphatic imine (C=N–C) groups is 1. The molecule has 8 heteroatoms. The Hall–Kier alpha value is -2.36. The first-order chi connectivity index (χ1) is 14.6. The number of hydrogen-bond donors (Lipinski definition) is 2. The number of nitrogens with zero attached hydrogens (tertiary/aromatic N) is 4. The van der Waals surface area contributed by atoms with E-state index in [1.165, 1.54) is 12.8 Å². The Morgan fingerprint density at radius 1 is 1.29 bits per heavy atom. The van der Waals surface area contributed by atoms with Crippen LogP contribution in [0.5, 0.6) is 0 Å². The zero-order valence-electron chi connectivity index (χ0n) is 18.6. The molecule has 0 saturated heterocycles. The second-order valence-corrected chi connectivity index (χ2v) is 7.18. The summed E-state index contributed by atoms with van der Waals surface area (Å²) in [5.74, 6) is 0.790. The molecule has 2 aromatic rings. The predicted octanol–water partition coefficient (Wildman–Crippen LogP) is 4.28. The van der Waals surface area contributed by atoms with Crippen molar-refractivity contribution in [1.82, 2.24) is 20.0 Å². The molecule has 0 radical (unpaired) electrons. The molecule has 1 amide bonds. The SMILES string of the molecule is C=CCCCCCN(C)C(=NCc1cccc(NC(=O)Cn2cccn2)c1)NCC.I. The first kappa shape index (κ1) is 26.7. The molecule has 2 N–H and O–H groups in total. The van der Waals surface area contributed by atoms with Crippen LogP contribution in [0.1, 0.15) is 38.2 Å². The van der Waals surface area contributed by atoms with Gasteiger partial charge >= 0.3 is 0 Å². The lowest BCUT2D eigenvalue weighted by molar-refractivity contribution is -0.116. The second kappa shape index (κ2) is 15.4. The van der Waals surface area contributed by atoms with Gasteiger partial charge in [0, 0.05) is 38.2 Å². The number of unbranched alkanes of at least 4 members (excludes halogenated alkanes) is 3. The van der Waals surface area contributed by atoms with Gasteiger partial charge in [0.15, 0.2) is 5.96 Å². The minimum absolute atomic E-state index is 0. The van der Waals surface area contributed by atoms with E-state index < -0.39 is 0 Å². The molecule has 31 heavy (non-hydrogen) atoms. The fourth-order valence-electron chi connectivity index (χ4n) is 3.05. The van der Waals surface area contributed by atoms with E-state index in [-0.39, 0.29) is 36.4 Å². The van der Waals surface area contributed by atoms with Gasteiger partial charge in [-0.2, -0.15) is 5.10 Å². The normalized spacial score (nSPS) is 10.8. The molecular formula is C23H35IN6O. The third-order valence-electron chi connectivity index (χ3n) is 4.59. The van der Waals surface area contributed by atoms with Crippen LogP contribution < -0.4 is 10.6 Å². The first-order valence-corrected chi connectivity index (χ1v) is 10.6. The van der Waals surface area contributed by atoms with Crippen molar-refractivity contribution < 1.29 is 4.79 Å². The molecule has 1 aromatic heterocycles. The molecule has 0 aliphatic heterocycles. The number of carbonyl (C=O) groups is 1. The van der Waals surface area contributed by atoms with Gasteiger partial charge in [-0.15, -0.1) is 30.6 Å². The van der Waals surface area contributed by atoms with Crippen LogP contribution in [0.3, 0.4) is 0 Å². The molecule has 7 nitrogen and oxygen atoms in total. The summed E-state index contributed by atoms with van der Waals surface area (Å²) in [4.78, 5) is 19.1. The van der Waals surface area contributed by atoms with Gasteiger partial charge in [0.1, 0.15) is 6.54 Å². The number of guanidine groups is 1. The zero-order chi connectivity index (χ0) is 21.6. The molecule has 0 spiro atoms. The summed E-state index contributed by atoms with van der Waals surface area (Å²) in [5.41, 5.74) is 1.81. The number of aromatic nitrogens is 2. The summed E-state index contributed by atoms with van der Waals surface area (Å²) in [6.07, 6.45) is 9.98. The van der Waals surface area contributed by atoms with Crippen molar-refractivity contribution in [3.63, 3.8) is 0 Å². The average molecular weight is 538 g/mol. The summed E-state index contributed by atoms with van der Waals surface area (Å²) in [6, 6.07) is 9.60. The van der Waals surface area contributed by atoms with Crippen LogP contribution in [0.2, 0.25) is 0 Å². The number of benzene rings is 1. The maximum Gasteiger partial charge on any atom is 0.246 e. The average Bonchev–Trinajstić information content (AvgIpc) is 3.24. The number of hydrogen-bond acceptors (Lipinski definition) is 3. The predicted molar refractivity (Wildman–Crippen MR) is 139 cm³/mol. The highest BCUT2D eigenvalue weighted by Crippen LogP contribution is 2.12. The molecule has 0 atom stereocenters. The van der Waals surface area contributed by atoms with Gasteiger partial charge in [-0.1, -0.05) is 24.6 Å². The number of carbonyl (C=O) groups excluding carboxylic acids is 1. The van der Waals surface area contributed by atoms with Crippen LogP contribution >= 0.6 is 24.0 Å². The Morgan fingerprint density at radius 3 is 2.84 bits per heavy atom. The summed E-state index contributed by atoms with van der Waals surface area (Å²) in [5, 5.41) is 10.3. The van der Waals surface area contributed by atoms with Crippen molar-refractivity contribution in [3.05, 3.63) is 60.9 Å². The van der Waals surface area contributed by atoms with Crippen molar-refractivity contribution in [2.75, 3.05) is 25.5 Å². The number of anilines is 1. The fourth-order valence-corrected chi connectivity index (χ4v) is 3.05. The Kier molecular flexibility index (Phi) is 13.3. The van der Waals surface area contributed by atoms with E-state index in [9.17, 15) is 4.79 Å². The van der Waals surface area contributed by atoms with Gasteiger partial charge in [-0.3, -0.25) is 9.48 Å². The highest BCUT2D eigenvalue weighted by atomic mass is 127. The molecule has 1 heterocycles. The van der Waals surface area contributed by atoms with Crippen LogP contribution in [0.25, 0.3) is 0 Å². The van der Waals surface area contributed by atoms with E-state index in [1.54, 1.807) is 23.1 Å². The van der Waals surface area contributed by atoms with Crippen LogP contribution in [-0.2, 0) is 17.9 Å². The van der Waals surface area contributed by atoms with Gasteiger partial charge in [0.05, 0.1) is 6.54 Å². The Balaban J connectivity index is 0.00000480. The van der Waals surface area contributed by atoms with Crippen LogP contribution in [0.4, 0.5) is 5.69 Å². The Labute approximate surface area is 203 Å². The Bertz CT molecular complexity index is 806. The number of halogens is 1. The van der Waals surface area contributed by atoms with E-state index in [0.29, 0.717) is 6.54 Å². The molecule has 0 aliphatic rings. The van der Waals surface area contributed by atoms with Crippen LogP contribution in [0, 0.1) is 0 Å². The quantitative estimate of drug-likeness (QED) is 0.139. The summed E-state index contributed by atoms with van der Waals surface area (Å²) < 4.78 is 1.60. The standard InChI is InChI=1S/C23H34N6O.HI/c1-4-6-7-8-9-15-28(3)23(24-5-2)25-18-20-12-10-13-21(17-20)27-22(30)19-29-16-11-14-26-29;/h4,10-14,16-17H,1,5-9,15,18-19H2,2-3H3,(H,24,25)(H,27,30);1H. The van der Waals surface area contributed by atoms with Crippen molar-refractivity contribution in [1.29, 1.82) is 0 Å². The molecule has 1 aromatic carbocycles. The number of amides is 1. The molecule has 170 valence electrons. The van der Waals surface area contributed by atoms with Crippen molar-refractivity contribution >= 4 is 41.5 Å². The largest absolute Gasteiger partial charge is 0.357 e. The topological polar surface area (TPSA) is 74.5 Å². The monoisotopic (exact) mass is 538 g/mol. The lowest BCUT2D eigenvalue weighted by atomic mass is 10.2. The first-order valence-electron chi connectivity index (χ1n) is 10.6. The van der Waals surface area contributed by atoms with E-state index in [4.69, 9.17) is 4.99 Å². The lowest BCUT2D eigenvalue weighted by Crippen LogP contribution is -2.39. The third kappa shape index (κ3) is 10.5. The number of nitrogens with one attached hydrogen (secondary N) is 2. The summed E-state index contributed by atoms with van der Waals surface area (Å²) in [6.45, 7) is 8.37. The van der Waals surface area contributed by atoms with Gasteiger partial charge < -0.3 is 15.5 Å². The van der Waals surface area contributed by atoms with Crippen molar-refractivity contribution in [2.45, 2.75) is 45.7 Å². The maximum atomic E-state index is 12.2. The van der Waals surface area contributed by atoms with Gasteiger partial charge in [-0.05, 0) is 49.9 Å². The summed E-state index contributed by atoms with van der Waals surface area (Å²) >= 11 is 0. The molecule has 0 bridgehead atoms. The second-order valence-electron chi connectivity index (χ2n) is 7.18. The molecular weight excluding hydrogens is 503 g/mol. The van der Waals surface area contributed by atoms with E-state index in [1.807, 2.05) is 30.3 Å². The minimum Gasteiger partial charge on any atom is -0.357 e. The van der Waals surface area contributed by atoms with E-state index >= 15 is 0 Å². The molecule has 0 unspecified atom stereocenters. The summed E-state index contributed by atoms with van der Waals surface area (Å²) in [7, 11) is 2.07. The minimum atomic E-state index is -0.108. The van der Waals surface area contributed by atoms with Crippen molar-refractivity contribution in [3.8, 4) is 0 Å². The number of allylic oxidation sites excluding steroid dienone is 1. The van der Waals surface area contributed by atoms with Gasteiger partial charge in [-0.25, -0.2) is 4.99 Å². The highest BCUT2D eigenvalue weighted by Gasteiger charge is 2.07. The molecule has 2 rings (SSSR count). The van der Waals surface area contributed by atoms with Gasteiger partial charge in [0.2, 0.25) is 5.91 Å². The lowest BCUT2D eigenvalue weighted by Gasteiger charge is -2.22. The molecule has 0 fully saturated rings. The molecule has 0 saturated carbocycles. The highest BCUT2D eigenvalue weighted by molar-refractivity contribution is 14.0. The van der Waals surface area contributed by atoms with Crippen molar-refractivity contribution in [2.24, 2.45) is 4.99 Å². The Morgan fingerprint density at radius 2 is 2.13 bits per heavy atom. The zero-order valence-corrected chi connectivity index (χ0v) is 20.9. The molecule has 0 aliphatic carbocycles. The number of rotatable bonds is 12. The van der Waals surface area contributed by atoms with E-state index in [0.717, 1.165) is 43.1 Å². The smallest absolute Gasteiger partial charge is 0.246 e. The van der Waals surface area contributed by atoms with Crippen LogP contribution in [0.15, 0.2) is 60.4 Å².